The largest absolute Gasteiger partial charge is 0.393 e. The van der Waals surface area contributed by atoms with Crippen molar-refractivity contribution in [3.05, 3.63) is 42.0 Å². The van der Waals surface area contributed by atoms with Gasteiger partial charge in [0.1, 0.15) is 0 Å². The van der Waals surface area contributed by atoms with Gasteiger partial charge in [0.15, 0.2) is 0 Å². The van der Waals surface area contributed by atoms with Gasteiger partial charge >= 0.3 is 0 Å². The number of benzene rings is 1. The molecular weight excluding hydrogens is 200 g/mol. The van der Waals surface area contributed by atoms with E-state index in [1.807, 2.05) is 36.4 Å². The van der Waals surface area contributed by atoms with Crippen LogP contribution in [0.1, 0.15) is 24.8 Å². The average molecular weight is 218 g/mol. The van der Waals surface area contributed by atoms with Gasteiger partial charge in [-0.1, -0.05) is 48.9 Å². The highest BCUT2D eigenvalue weighted by atomic mass is 16.3. The monoisotopic (exact) mass is 218 g/mol. The Bertz CT molecular complexity index is 345. The van der Waals surface area contributed by atoms with Crippen LogP contribution < -0.4 is 0 Å². The number of rotatable bonds is 3. The Balaban J connectivity index is 1.96. The fraction of sp³-hybridized carbons (Fsp3) is 0.429. The van der Waals surface area contributed by atoms with Gasteiger partial charge in [0.25, 0.3) is 0 Å². The van der Waals surface area contributed by atoms with Gasteiger partial charge in [-0.05, 0) is 18.4 Å². The van der Waals surface area contributed by atoms with Crippen LogP contribution in [0, 0.1) is 5.92 Å². The molecule has 0 amide bonds. The standard InChI is InChI=1S/C14H18O2/c15-13-8-4-7-12(13)14(16)10-9-11-5-2-1-3-6-11/h1-3,5-6,9-10,12-16H,4,7-8H2/b10-9+/t12-,13-,14-/m1/s1. The molecule has 0 aromatic heterocycles. The zero-order chi connectivity index (χ0) is 11.4. The molecule has 2 rings (SSSR count). The summed E-state index contributed by atoms with van der Waals surface area (Å²) in [4.78, 5) is 0. The molecule has 0 unspecified atom stereocenters. The van der Waals surface area contributed by atoms with Gasteiger partial charge < -0.3 is 10.2 Å². The second-order valence-electron chi connectivity index (χ2n) is 4.42. The van der Waals surface area contributed by atoms with E-state index in [-0.39, 0.29) is 12.0 Å². The van der Waals surface area contributed by atoms with Crippen LogP contribution >= 0.6 is 0 Å². The van der Waals surface area contributed by atoms with Crippen molar-refractivity contribution in [2.75, 3.05) is 0 Å². The molecule has 1 aliphatic carbocycles. The molecular formula is C14H18O2. The summed E-state index contributed by atoms with van der Waals surface area (Å²) in [5.41, 5.74) is 1.08. The lowest BCUT2D eigenvalue weighted by atomic mass is 9.98. The maximum atomic E-state index is 9.93. The van der Waals surface area contributed by atoms with Gasteiger partial charge in [-0.25, -0.2) is 0 Å². The Hall–Kier alpha value is -1.12. The molecule has 0 radical (unpaired) electrons. The minimum atomic E-state index is -0.530. The molecule has 2 heteroatoms. The first-order valence-corrected chi connectivity index (χ1v) is 5.87. The molecule has 16 heavy (non-hydrogen) atoms. The number of aliphatic hydroxyl groups excluding tert-OH is 2. The lowest BCUT2D eigenvalue weighted by Crippen LogP contribution is -2.25. The number of aliphatic hydroxyl groups is 2. The van der Waals surface area contributed by atoms with E-state index in [0.29, 0.717) is 0 Å². The van der Waals surface area contributed by atoms with Crippen LogP contribution in [-0.2, 0) is 0 Å². The molecule has 1 fully saturated rings. The smallest absolute Gasteiger partial charge is 0.0776 e. The van der Waals surface area contributed by atoms with Gasteiger partial charge in [-0.3, -0.25) is 0 Å². The first-order chi connectivity index (χ1) is 7.77. The second kappa shape index (κ2) is 5.28. The van der Waals surface area contributed by atoms with Gasteiger partial charge in [-0.2, -0.15) is 0 Å². The summed E-state index contributed by atoms with van der Waals surface area (Å²) < 4.78 is 0. The van der Waals surface area contributed by atoms with E-state index >= 15 is 0 Å². The summed E-state index contributed by atoms with van der Waals surface area (Å²) in [5.74, 6) is 0.0139. The molecule has 2 nitrogen and oxygen atoms in total. The van der Waals surface area contributed by atoms with Crippen LogP contribution in [0.15, 0.2) is 36.4 Å². The van der Waals surface area contributed by atoms with E-state index in [2.05, 4.69) is 0 Å². The minimum absolute atomic E-state index is 0.0139. The van der Waals surface area contributed by atoms with Crippen LogP contribution in [0.3, 0.4) is 0 Å². The zero-order valence-corrected chi connectivity index (χ0v) is 9.29. The third-order valence-electron chi connectivity index (χ3n) is 3.26. The molecule has 86 valence electrons. The molecule has 1 aromatic carbocycles. The van der Waals surface area contributed by atoms with Crippen molar-refractivity contribution in [1.82, 2.24) is 0 Å². The van der Waals surface area contributed by atoms with Crippen LogP contribution in [-0.4, -0.2) is 22.4 Å². The molecule has 0 bridgehead atoms. The number of hydrogen-bond acceptors (Lipinski definition) is 2. The van der Waals surface area contributed by atoms with Crippen LogP contribution in [0.5, 0.6) is 0 Å². The van der Waals surface area contributed by atoms with Crippen molar-refractivity contribution in [1.29, 1.82) is 0 Å². The molecule has 1 aliphatic rings. The van der Waals surface area contributed by atoms with Crippen LogP contribution in [0.25, 0.3) is 6.08 Å². The SMILES string of the molecule is O[C@H](/C=C/c1ccccc1)[C@@H]1CCC[C@H]1O. The summed E-state index contributed by atoms with van der Waals surface area (Å²) in [5, 5.41) is 19.6. The molecule has 1 saturated carbocycles. The maximum absolute atomic E-state index is 9.93. The minimum Gasteiger partial charge on any atom is -0.393 e. The van der Waals surface area contributed by atoms with E-state index in [1.165, 1.54) is 0 Å². The van der Waals surface area contributed by atoms with Crippen molar-refractivity contribution in [3.63, 3.8) is 0 Å². The quantitative estimate of drug-likeness (QED) is 0.816. The summed E-state index contributed by atoms with van der Waals surface area (Å²) in [7, 11) is 0. The fourth-order valence-corrected chi connectivity index (χ4v) is 2.28. The lowest BCUT2D eigenvalue weighted by molar-refractivity contribution is 0.0569. The summed E-state index contributed by atoms with van der Waals surface area (Å²) >= 11 is 0. The molecule has 0 saturated heterocycles. The van der Waals surface area contributed by atoms with E-state index < -0.39 is 6.10 Å². The molecule has 0 aliphatic heterocycles. The zero-order valence-electron chi connectivity index (χ0n) is 9.29. The number of hydrogen-bond donors (Lipinski definition) is 2. The fourth-order valence-electron chi connectivity index (χ4n) is 2.28. The Kier molecular flexibility index (Phi) is 3.75. The molecule has 0 spiro atoms. The summed E-state index contributed by atoms with van der Waals surface area (Å²) in [6.45, 7) is 0. The molecule has 1 aromatic rings. The van der Waals surface area contributed by atoms with Gasteiger partial charge in [0.2, 0.25) is 0 Å². The lowest BCUT2D eigenvalue weighted by Gasteiger charge is -2.18. The third kappa shape index (κ3) is 2.71. The topological polar surface area (TPSA) is 40.5 Å². The molecule has 2 N–H and O–H groups in total. The van der Waals surface area contributed by atoms with Crippen molar-refractivity contribution >= 4 is 6.08 Å². The maximum Gasteiger partial charge on any atom is 0.0776 e. The summed E-state index contributed by atoms with van der Waals surface area (Å²) in [6.07, 6.45) is 5.59. The Morgan fingerprint density at radius 2 is 1.94 bits per heavy atom. The Labute approximate surface area is 96.2 Å². The highest BCUT2D eigenvalue weighted by Crippen LogP contribution is 2.29. The molecule has 3 atom stereocenters. The van der Waals surface area contributed by atoms with E-state index in [1.54, 1.807) is 6.08 Å². The normalized spacial score (nSPS) is 27.4. The predicted molar refractivity (Wildman–Crippen MR) is 64.8 cm³/mol. The van der Waals surface area contributed by atoms with Crippen molar-refractivity contribution in [2.45, 2.75) is 31.5 Å². The van der Waals surface area contributed by atoms with Crippen LogP contribution in [0.4, 0.5) is 0 Å². The van der Waals surface area contributed by atoms with Crippen molar-refractivity contribution < 1.29 is 10.2 Å². The summed E-state index contributed by atoms with van der Waals surface area (Å²) in [6, 6.07) is 9.89. The van der Waals surface area contributed by atoms with E-state index in [9.17, 15) is 10.2 Å². The van der Waals surface area contributed by atoms with E-state index in [4.69, 9.17) is 0 Å². The van der Waals surface area contributed by atoms with Crippen LogP contribution in [0.2, 0.25) is 0 Å². The van der Waals surface area contributed by atoms with Crippen molar-refractivity contribution in [2.24, 2.45) is 5.92 Å². The third-order valence-corrected chi connectivity index (χ3v) is 3.26. The van der Waals surface area contributed by atoms with Crippen molar-refractivity contribution in [3.8, 4) is 0 Å². The predicted octanol–water partition coefficient (Wildman–Crippen LogP) is 2.22. The highest BCUT2D eigenvalue weighted by Gasteiger charge is 2.29. The first kappa shape index (κ1) is 11.4. The highest BCUT2D eigenvalue weighted by molar-refractivity contribution is 5.49. The first-order valence-electron chi connectivity index (χ1n) is 5.87. The second-order valence-corrected chi connectivity index (χ2v) is 4.42. The van der Waals surface area contributed by atoms with E-state index in [0.717, 1.165) is 24.8 Å². The van der Waals surface area contributed by atoms with Gasteiger partial charge in [0.05, 0.1) is 12.2 Å². The average Bonchev–Trinajstić information content (AvgIpc) is 2.74. The molecule has 0 heterocycles. The van der Waals surface area contributed by atoms with Gasteiger partial charge in [-0.15, -0.1) is 0 Å². The van der Waals surface area contributed by atoms with Gasteiger partial charge in [0, 0.05) is 5.92 Å². The Morgan fingerprint density at radius 3 is 2.56 bits per heavy atom. The Morgan fingerprint density at radius 1 is 1.19 bits per heavy atom.